The van der Waals surface area contributed by atoms with Gasteiger partial charge in [0.15, 0.2) is 9.84 Å². The topological polar surface area (TPSA) is 80.4 Å². The molecule has 0 radical (unpaired) electrons. The Balaban J connectivity index is 0.00000220. The first kappa shape index (κ1) is 18.3. The second-order valence-electron chi connectivity index (χ2n) is 6.08. The molecular formula is C15H24ClNO3S. The highest BCUT2D eigenvalue weighted by molar-refractivity contribution is 7.90. The molecule has 0 amide bonds. The van der Waals surface area contributed by atoms with E-state index in [0.717, 1.165) is 37.5 Å². The smallest absolute Gasteiger partial charge is 0.179 e. The minimum atomic E-state index is -3.46. The van der Waals surface area contributed by atoms with Gasteiger partial charge in [-0.1, -0.05) is 32.3 Å². The van der Waals surface area contributed by atoms with Crippen LogP contribution in [0.4, 0.5) is 0 Å². The number of phenolic OH excluding ortho intramolecular Hbond substituents is 1. The van der Waals surface area contributed by atoms with E-state index in [0.29, 0.717) is 5.56 Å². The van der Waals surface area contributed by atoms with E-state index in [2.05, 4.69) is 6.92 Å². The summed E-state index contributed by atoms with van der Waals surface area (Å²) < 4.78 is 23.7. The van der Waals surface area contributed by atoms with Crippen molar-refractivity contribution in [2.75, 3.05) is 6.26 Å². The number of sulfone groups is 1. The lowest BCUT2D eigenvalue weighted by atomic mass is 9.71. The molecule has 6 heteroatoms. The van der Waals surface area contributed by atoms with Crippen LogP contribution in [0.15, 0.2) is 17.0 Å². The average molecular weight is 334 g/mol. The Morgan fingerprint density at radius 2 is 1.81 bits per heavy atom. The molecule has 0 atom stereocenters. The van der Waals surface area contributed by atoms with E-state index in [1.165, 1.54) is 6.42 Å². The van der Waals surface area contributed by atoms with Crippen molar-refractivity contribution in [2.24, 2.45) is 5.73 Å². The highest BCUT2D eigenvalue weighted by Crippen LogP contribution is 2.42. The fourth-order valence-electron chi connectivity index (χ4n) is 3.07. The number of rotatable bonds is 3. The molecule has 2 rings (SSSR count). The van der Waals surface area contributed by atoms with Gasteiger partial charge in [-0.2, -0.15) is 0 Å². The molecule has 120 valence electrons. The highest BCUT2D eigenvalue weighted by atomic mass is 35.5. The van der Waals surface area contributed by atoms with Gasteiger partial charge in [-0.3, -0.25) is 0 Å². The first-order chi connectivity index (χ1) is 9.28. The summed E-state index contributed by atoms with van der Waals surface area (Å²) in [5, 5.41) is 10.1. The van der Waals surface area contributed by atoms with Crippen LogP contribution in [0.25, 0.3) is 0 Å². The summed E-state index contributed by atoms with van der Waals surface area (Å²) in [5.41, 5.74) is 7.12. The molecule has 1 aromatic rings. The Kier molecular flexibility index (Phi) is 5.69. The number of halogens is 1. The summed E-state index contributed by atoms with van der Waals surface area (Å²) in [5.74, 6) is -0.196. The first-order valence-electron chi connectivity index (χ1n) is 7.04. The van der Waals surface area contributed by atoms with Crippen LogP contribution in [0.2, 0.25) is 0 Å². The monoisotopic (exact) mass is 333 g/mol. The van der Waals surface area contributed by atoms with Gasteiger partial charge in [-0.25, -0.2) is 8.42 Å². The number of hydrogen-bond acceptors (Lipinski definition) is 4. The second kappa shape index (κ2) is 6.55. The zero-order valence-corrected chi connectivity index (χ0v) is 14.2. The van der Waals surface area contributed by atoms with Crippen LogP contribution < -0.4 is 5.73 Å². The van der Waals surface area contributed by atoms with Gasteiger partial charge in [0.2, 0.25) is 0 Å². The predicted octanol–water partition coefficient (Wildman–Crippen LogP) is 2.90. The Labute approximate surface area is 133 Å². The lowest BCUT2D eigenvalue weighted by molar-refractivity contribution is 0.318. The van der Waals surface area contributed by atoms with E-state index in [9.17, 15) is 13.5 Å². The third kappa shape index (κ3) is 3.71. The minimum Gasteiger partial charge on any atom is -0.506 e. The van der Waals surface area contributed by atoms with Gasteiger partial charge in [-0.15, -0.1) is 12.4 Å². The van der Waals surface area contributed by atoms with Crippen molar-refractivity contribution in [3.8, 4) is 5.75 Å². The molecule has 1 saturated carbocycles. The van der Waals surface area contributed by atoms with Crippen molar-refractivity contribution in [1.29, 1.82) is 0 Å². The molecule has 4 nitrogen and oxygen atoms in total. The molecule has 0 aliphatic heterocycles. The number of hydrogen-bond donors (Lipinski definition) is 2. The van der Waals surface area contributed by atoms with Gasteiger partial charge in [0, 0.05) is 18.4 Å². The number of benzene rings is 1. The van der Waals surface area contributed by atoms with Crippen LogP contribution in [0.1, 0.15) is 50.2 Å². The minimum absolute atomic E-state index is 0. The molecule has 0 spiro atoms. The first-order valence-corrected chi connectivity index (χ1v) is 8.93. The molecule has 0 bridgehead atoms. The van der Waals surface area contributed by atoms with Gasteiger partial charge >= 0.3 is 0 Å². The van der Waals surface area contributed by atoms with E-state index in [4.69, 9.17) is 5.73 Å². The number of nitrogens with two attached hydrogens (primary N) is 1. The summed E-state index contributed by atoms with van der Waals surface area (Å²) in [6.45, 7) is 2.31. The van der Waals surface area contributed by atoms with E-state index < -0.39 is 9.84 Å². The van der Waals surface area contributed by atoms with Crippen molar-refractivity contribution in [1.82, 2.24) is 0 Å². The Morgan fingerprint density at radius 3 is 2.29 bits per heavy atom. The van der Waals surface area contributed by atoms with E-state index in [1.807, 2.05) is 6.07 Å². The third-order valence-corrected chi connectivity index (χ3v) is 5.54. The van der Waals surface area contributed by atoms with Crippen LogP contribution in [-0.2, 0) is 21.8 Å². The maximum absolute atomic E-state index is 11.9. The molecule has 0 unspecified atom stereocenters. The summed E-state index contributed by atoms with van der Waals surface area (Å²) in [6.07, 6.45) is 6.76. The van der Waals surface area contributed by atoms with Crippen LogP contribution in [0, 0.1) is 0 Å². The average Bonchev–Trinajstić information content (AvgIpc) is 2.38. The van der Waals surface area contributed by atoms with Crippen molar-refractivity contribution >= 4 is 22.2 Å². The van der Waals surface area contributed by atoms with Crippen LogP contribution in [-0.4, -0.2) is 19.8 Å². The van der Waals surface area contributed by atoms with E-state index in [1.54, 1.807) is 6.07 Å². The van der Waals surface area contributed by atoms with Crippen LogP contribution in [0.3, 0.4) is 0 Å². The standard InChI is InChI=1S/C15H23NO3S.ClH/c1-15(6-4-3-5-7-15)12-8-11(10-16)14(17)13(9-12)20(2,18)19;/h8-9,17H,3-7,10,16H2,1-2H3;1H. The van der Waals surface area contributed by atoms with Gasteiger partial charge in [0.05, 0.1) is 0 Å². The number of aromatic hydroxyl groups is 1. The molecule has 21 heavy (non-hydrogen) atoms. The van der Waals surface area contributed by atoms with E-state index >= 15 is 0 Å². The number of phenols is 1. The van der Waals surface area contributed by atoms with Crippen LogP contribution in [0.5, 0.6) is 5.75 Å². The van der Waals surface area contributed by atoms with Gasteiger partial charge < -0.3 is 10.8 Å². The van der Waals surface area contributed by atoms with Crippen molar-refractivity contribution in [3.05, 3.63) is 23.3 Å². The molecular weight excluding hydrogens is 310 g/mol. The molecule has 0 saturated heterocycles. The lowest BCUT2D eigenvalue weighted by Gasteiger charge is -2.35. The fourth-order valence-corrected chi connectivity index (χ4v) is 3.90. The van der Waals surface area contributed by atoms with Gasteiger partial charge in [0.1, 0.15) is 10.6 Å². The lowest BCUT2D eigenvalue weighted by Crippen LogP contribution is -2.25. The van der Waals surface area contributed by atoms with E-state index in [-0.39, 0.29) is 35.0 Å². The summed E-state index contributed by atoms with van der Waals surface area (Å²) in [6, 6.07) is 3.50. The maximum atomic E-state index is 11.9. The third-order valence-electron chi connectivity index (χ3n) is 4.43. The molecule has 3 N–H and O–H groups in total. The molecule has 0 heterocycles. The van der Waals surface area contributed by atoms with Gasteiger partial charge in [0.25, 0.3) is 0 Å². The fraction of sp³-hybridized carbons (Fsp3) is 0.600. The maximum Gasteiger partial charge on any atom is 0.179 e. The summed E-state index contributed by atoms with van der Waals surface area (Å²) >= 11 is 0. The molecule has 1 aliphatic rings. The van der Waals surface area contributed by atoms with Crippen LogP contribution >= 0.6 is 12.4 Å². The largest absolute Gasteiger partial charge is 0.506 e. The second-order valence-corrected chi connectivity index (χ2v) is 8.06. The van der Waals surface area contributed by atoms with Crippen molar-refractivity contribution in [2.45, 2.75) is 55.9 Å². The van der Waals surface area contributed by atoms with Crippen molar-refractivity contribution in [3.63, 3.8) is 0 Å². The Bertz CT molecular complexity index is 608. The normalized spacial score (nSPS) is 18.0. The predicted molar refractivity (Wildman–Crippen MR) is 86.8 cm³/mol. The summed E-state index contributed by atoms with van der Waals surface area (Å²) in [4.78, 5) is 0.00208. The molecule has 0 aromatic heterocycles. The molecule has 1 aliphatic carbocycles. The molecule has 1 aromatic carbocycles. The SMILES string of the molecule is CC1(c2cc(CN)c(O)c(S(C)(=O)=O)c2)CCCCC1.Cl. The Morgan fingerprint density at radius 1 is 1.24 bits per heavy atom. The van der Waals surface area contributed by atoms with Crippen molar-refractivity contribution < 1.29 is 13.5 Å². The summed E-state index contributed by atoms with van der Waals surface area (Å²) in [7, 11) is -3.46. The molecule has 1 fully saturated rings. The quantitative estimate of drug-likeness (QED) is 0.891. The highest BCUT2D eigenvalue weighted by Gasteiger charge is 2.31. The zero-order valence-electron chi connectivity index (χ0n) is 12.6. The zero-order chi connectivity index (χ0) is 15.0. The Hall–Kier alpha value is -0.780. The van der Waals surface area contributed by atoms with Gasteiger partial charge in [-0.05, 0) is 29.9 Å².